The molecule has 0 unspecified atom stereocenters. The molecule has 5 heteroatoms. The Balaban J connectivity index is 1.66. The molecular weight excluding hydrogens is 270 g/mol. The fraction of sp³-hybridized carbons (Fsp3) is 0.200. The molecule has 3 rings (SSSR count). The highest BCUT2D eigenvalue weighted by Gasteiger charge is 2.03. The van der Waals surface area contributed by atoms with Gasteiger partial charge in [-0.3, -0.25) is 0 Å². The zero-order valence-corrected chi connectivity index (χ0v) is 12.0. The third-order valence-corrected chi connectivity index (χ3v) is 3.85. The lowest BCUT2D eigenvalue weighted by Crippen LogP contribution is -2.00. The van der Waals surface area contributed by atoms with Crippen LogP contribution in [0.2, 0.25) is 0 Å². The Bertz CT molecular complexity index is 661. The smallest absolute Gasteiger partial charge is 0.213 e. The molecule has 20 heavy (non-hydrogen) atoms. The van der Waals surface area contributed by atoms with Crippen LogP contribution in [0.1, 0.15) is 11.9 Å². The van der Waals surface area contributed by atoms with Gasteiger partial charge in [-0.05, 0) is 25.1 Å². The van der Waals surface area contributed by atoms with Crippen LogP contribution >= 0.6 is 11.3 Å². The van der Waals surface area contributed by atoms with Crippen LogP contribution in [-0.2, 0) is 6.54 Å². The molecule has 3 aromatic rings. The third kappa shape index (κ3) is 2.88. The van der Waals surface area contributed by atoms with Crippen LogP contribution in [0.5, 0.6) is 5.88 Å². The molecule has 102 valence electrons. The van der Waals surface area contributed by atoms with E-state index in [1.54, 1.807) is 17.5 Å². The van der Waals surface area contributed by atoms with Gasteiger partial charge in [0.2, 0.25) is 5.88 Å². The number of thiazole rings is 1. The van der Waals surface area contributed by atoms with Crippen LogP contribution in [0, 0.1) is 0 Å². The van der Waals surface area contributed by atoms with Gasteiger partial charge < -0.3 is 10.1 Å². The van der Waals surface area contributed by atoms with Gasteiger partial charge in [0.15, 0.2) is 0 Å². The summed E-state index contributed by atoms with van der Waals surface area (Å²) in [6.07, 6.45) is 1.78. The first-order valence-corrected chi connectivity index (χ1v) is 7.34. The lowest BCUT2D eigenvalue weighted by atomic mass is 10.3. The number of pyridine rings is 1. The number of nitrogens with one attached hydrogen (secondary N) is 1. The summed E-state index contributed by atoms with van der Waals surface area (Å²) >= 11 is 1.71. The molecule has 0 fully saturated rings. The number of fused-ring (bicyclic) bond motifs is 1. The van der Waals surface area contributed by atoms with E-state index >= 15 is 0 Å². The molecule has 0 aliphatic rings. The molecule has 0 amide bonds. The topological polar surface area (TPSA) is 47.0 Å². The van der Waals surface area contributed by atoms with Gasteiger partial charge in [0.25, 0.3) is 0 Å². The molecule has 0 aliphatic heterocycles. The molecule has 2 aromatic heterocycles. The minimum atomic E-state index is 0.630. The van der Waals surface area contributed by atoms with Gasteiger partial charge in [-0.1, -0.05) is 12.1 Å². The number of para-hydroxylation sites is 1. The Morgan fingerprint density at radius 1 is 1.20 bits per heavy atom. The lowest BCUT2D eigenvalue weighted by molar-refractivity contribution is 0.327. The minimum Gasteiger partial charge on any atom is -0.478 e. The molecule has 0 aliphatic carbocycles. The highest BCUT2D eigenvalue weighted by molar-refractivity contribution is 7.18. The number of rotatable bonds is 5. The Morgan fingerprint density at radius 2 is 2.10 bits per heavy atom. The second-order valence-corrected chi connectivity index (χ2v) is 5.36. The summed E-state index contributed by atoms with van der Waals surface area (Å²) in [6.45, 7) is 3.28. The van der Waals surface area contributed by atoms with Crippen molar-refractivity contribution in [3.05, 3.63) is 47.6 Å². The van der Waals surface area contributed by atoms with Gasteiger partial charge in [-0.15, -0.1) is 11.3 Å². The largest absolute Gasteiger partial charge is 0.478 e. The van der Waals surface area contributed by atoms with Crippen LogP contribution in [0.3, 0.4) is 0 Å². The van der Waals surface area contributed by atoms with Crippen molar-refractivity contribution in [2.24, 2.45) is 0 Å². The van der Waals surface area contributed by atoms with Crippen LogP contribution in [0.4, 0.5) is 5.69 Å². The first kappa shape index (κ1) is 12.9. The van der Waals surface area contributed by atoms with Gasteiger partial charge in [0.1, 0.15) is 5.01 Å². The van der Waals surface area contributed by atoms with Gasteiger partial charge >= 0.3 is 0 Å². The van der Waals surface area contributed by atoms with E-state index in [-0.39, 0.29) is 0 Å². The van der Waals surface area contributed by atoms with Crippen molar-refractivity contribution in [3.8, 4) is 5.88 Å². The van der Waals surface area contributed by atoms with Crippen molar-refractivity contribution in [1.29, 1.82) is 0 Å². The molecule has 4 nitrogen and oxygen atoms in total. The quantitative estimate of drug-likeness (QED) is 0.776. The summed E-state index contributed by atoms with van der Waals surface area (Å²) in [7, 11) is 0. The number of benzene rings is 1. The van der Waals surface area contributed by atoms with E-state index < -0.39 is 0 Å². The maximum Gasteiger partial charge on any atom is 0.213 e. The third-order valence-electron chi connectivity index (χ3n) is 2.81. The summed E-state index contributed by atoms with van der Waals surface area (Å²) < 4.78 is 6.53. The fourth-order valence-corrected chi connectivity index (χ4v) is 2.80. The zero-order valence-electron chi connectivity index (χ0n) is 11.2. The summed E-state index contributed by atoms with van der Waals surface area (Å²) in [4.78, 5) is 8.81. The molecule has 0 spiro atoms. The fourth-order valence-electron chi connectivity index (χ4n) is 1.89. The standard InChI is InChI=1S/C15H15N3OS/c1-2-19-14-8-7-11(9-17-14)16-10-15-18-12-5-3-4-6-13(12)20-15/h3-9,16H,2,10H2,1H3. The average molecular weight is 285 g/mol. The van der Waals surface area contributed by atoms with Crippen LogP contribution in [0.25, 0.3) is 10.2 Å². The van der Waals surface area contributed by atoms with Crippen molar-refractivity contribution < 1.29 is 4.74 Å². The van der Waals surface area contributed by atoms with Crippen molar-refractivity contribution in [1.82, 2.24) is 9.97 Å². The normalized spacial score (nSPS) is 10.7. The van der Waals surface area contributed by atoms with Crippen molar-refractivity contribution in [3.63, 3.8) is 0 Å². The van der Waals surface area contributed by atoms with Crippen molar-refractivity contribution >= 4 is 27.2 Å². The second-order valence-electron chi connectivity index (χ2n) is 4.25. The Labute approximate surface area is 121 Å². The van der Waals surface area contributed by atoms with Gasteiger partial charge in [0.05, 0.1) is 35.3 Å². The Morgan fingerprint density at radius 3 is 2.85 bits per heavy atom. The van der Waals surface area contributed by atoms with Crippen molar-refractivity contribution in [2.45, 2.75) is 13.5 Å². The predicted octanol–water partition coefficient (Wildman–Crippen LogP) is 3.70. The summed E-state index contributed by atoms with van der Waals surface area (Å²) in [5, 5.41) is 4.39. The Hall–Kier alpha value is -2.14. The van der Waals surface area contributed by atoms with E-state index in [9.17, 15) is 0 Å². The molecule has 0 atom stereocenters. The molecule has 1 N–H and O–H groups in total. The predicted molar refractivity (Wildman–Crippen MR) is 82.4 cm³/mol. The van der Waals surface area contributed by atoms with Crippen LogP contribution in [-0.4, -0.2) is 16.6 Å². The van der Waals surface area contributed by atoms with Gasteiger partial charge in [0, 0.05) is 6.07 Å². The van der Waals surface area contributed by atoms with E-state index in [2.05, 4.69) is 21.4 Å². The highest BCUT2D eigenvalue weighted by Crippen LogP contribution is 2.22. The molecule has 2 heterocycles. The number of nitrogens with zero attached hydrogens (tertiary/aromatic N) is 2. The minimum absolute atomic E-state index is 0.630. The van der Waals surface area contributed by atoms with Crippen molar-refractivity contribution in [2.75, 3.05) is 11.9 Å². The maximum absolute atomic E-state index is 5.31. The molecule has 0 saturated carbocycles. The zero-order chi connectivity index (χ0) is 13.8. The van der Waals surface area contributed by atoms with E-state index in [1.807, 2.05) is 37.3 Å². The number of aromatic nitrogens is 2. The lowest BCUT2D eigenvalue weighted by Gasteiger charge is -2.05. The SMILES string of the molecule is CCOc1ccc(NCc2nc3ccccc3s2)cn1. The van der Waals surface area contributed by atoms with E-state index in [0.29, 0.717) is 19.0 Å². The summed E-state index contributed by atoms with van der Waals surface area (Å²) in [5.41, 5.74) is 2.02. The van der Waals surface area contributed by atoms with Crippen LogP contribution in [0.15, 0.2) is 42.6 Å². The Kier molecular flexibility index (Phi) is 3.78. The van der Waals surface area contributed by atoms with E-state index in [0.717, 1.165) is 16.2 Å². The second kappa shape index (κ2) is 5.88. The average Bonchev–Trinajstić information content (AvgIpc) is 2.90. The first-order valence-electron chi connectivity index (χ1n) is 6.52. The van der Waals surface area contributed by atoms with Gasteiger partial charge in [-0.2, -0.15) is 0 Å². The monoisotopic (exact) mass is 285 g/mol. The van der Waals surface area contributed by atoms with E-state index in [4.69, 9.17) is 4.74 Å². The first-order chi connectivity index (χ1) is 9.85. The summed E-state index contributed by atoms with van der Waals surface area (Å²) in [5.74, 6) is 0.651. The number of hydrogen-bond donors (Lipinski definition) is 1. The molecular formula is C15H15N3OS. The maximum atomic E-state index is 5.31. The van der Waals surface area contributed by atoms with Gasteiger partial charge in [-0.25, -0.2) is 9.97 Å². The van der Waals surface area contributed by atoms with E-state index in [1.165, 1.54) is 4.70 Å². The molecule has 0 bridgehead atoms. The summed E-state index contributed by atoms with van der Waals surface area (Å²) in [6, 6.07) is 12.0. The van der Waals surface area contributed by atoms with Crippen LogP contribution < -0.4 is 10.1 Å². The highest BCUT2D eigenvalue weighted by atomic mass is 32.1. The number of ether oxygens (including phenoxy) is 1. The molecule has 0 saturated heterocycles. The molecule has 0 radical (unpaired) electrons. The number of anilines is 1. The number of hydrogen-bond acceptors (Lipinski definition) is 5. The molecule has 1 aromatic carbocycles.